The Kier molecular flexibility index (Phi) is 22.9. The minimum absolute atomic E-state index is 0.325. The Morgan fingerprint density at radius 1 is 0.306 bits per heavy atom. The summed E-state index contributed by atoms with van der Waals surface area (Å²) in [7, 11) is 0. The number of rotatable bonds is 40. The van der Waals surface area contributed by atoms with Crippen molar-refractivity contribution in [2.75, 3.05) is 106 Å². The van der Waals surface area contributed by atoms with E-state index in [-0.39, 0.29) is 0 Å². The van der Waals surface area contributed by atoms with Crippen LogP contribution in [0.4, 0.5) is 0 Å². The topological polar surface area (TPSA) is 124 Å². The summed E-state index contributed by atoms with van der Waals surface area (Å²) in [6, 6.07) is 0. The molecule has 12 heteroatoms. The van der Waals surface area contributed by atoms with E-state index in [1.165, 1.54) is 0 Å². The molecule has 4 rings (SSSR count). The molecular formula is C37H68O12. The zero-order valence-electron chi connectivity index (χ0n) is 30.3. The highest BCUT2D eigenvalue weighted by molar-refractivity contribution is 4.69. The second-order valence-corrected chi connectivity index (χ2v) is 13.7. The molecule has 0 aromatic heterocycles. The van der Waals surface area contributed by atoms with Crippen LogP contribution in [0.5, 0.6) is 0 Å². The molecule has 0 aromatic carbocycles. The second kappa shape index (κ2) is 27.2. The van der Waals surface area contributed by atoms with Gasteiger partial charge in [-0.1, -0.05) is 51.4 Å². The minimum atomic E-state index is -1.47. The van der Waals surface area contributed by atoms with Gasteiger partial charge < -0.3 is 56.8 Å². The lowest BCUT2D eigenvalue weighted by atomic mass is 10.2. The van der Waals surface area contributed by atoms with Crippen molar-refractivity contribution in [1.82, 2.24) is 0 Å². The van der Waals surface area contributed by atoms with Crippen LogP contribution in [0.1, 0.15) is 103 Å². The normalized spacial score (nSPS) is 23.5. The molecule has 12 nitrogen and oxygen atoms in total. The zero-order chi connectivity index (χ0) is 33.9. The van der Waals surface area contributed by atoms with Crippen LogP contribution < -0.4 is 0 Å². The monoisotopic (exact) mass is 704 g/mol. The van der Waals surface area contributed by atoms with E-state index in [1.54, 1.807) is 0 Å². The van der Waals surface area contributed by atoms with Crippen molar-refractivity contribution < 1.29 is 56.8 Å². The van der Waals surface area contributed by atoms with Crippen LogP contribution >= 0.6 is 0 Å². The molecule has 0 aromatic rings. The van der Waals surface area contributed by atoms with Crippen molar-refractivity contribution in [3.8, 4) is 0 Å². The number of hydrogen-bond donors (Lipinski definition) is 0. The standard InChI is InChI=1S/C37H68O12/c1(9-17-38-25-33-29-42-33)5-13-21-46-37(47-22-14-6-2-10-18-39-26-34-30-43-34,48-23-15-7-3-11-19-40-27-35-31-44-35)49-24-16-8-4-12-20-41-28-36-32-45-36/h33-36H,1-32H2. The lowest BCUT2D eigenvalue weighted by molar-refractivity contribution is -0.499. The van der Waals surface area contributed by atoms with Gasteiger partial charge in [0.2, 0.25) is 0 Å². The molecule has 0 radical (unpaired) electrons. The van der Waals surface area contributed by atoms with Gasteiger partial charge in [0.25, 0.3) is 0 Å². The Labute approximate surface area is 295 Å². The average Bonchev–Trinajstić information content (AvgIpc) is 3.92. The fraction of sp³-hybridized carbons (Fsp3) is 1.00. The van der Waals surface area contributed by atoms with E-state index in [4.69, 9.17) is 56.8 Å². The molecule has 4 aliphatic rings. The third-order valence-corrected chi connectivity index (χ3v) is 8.67. The van der Waals surface area contributed by atoms with E-state index < -0.39 is 6.16 Å². The van der Waals surface area contributed by atoms with Gasteiger partial charge >= 0.3 is 6.16 Å². The summed E-state index contributed by atoms with van der Waals surface area (Å²) in [5.74, 6) is 0. The molecule has 0 amide bonds. The number of ether oxygens (including phenoxy) is 12. The van der Waals surface area contributed by atoms with E-state index in [1.807, 2.05) is 0 Å². The summed E-state index contributed by atoms with van der Waals surface area (Å²) in [6.45, 7) is 11.4. The van der Waals surface area contributed by atoms with Gasteiger partial charge in [-0.15, -0.1) is 0 Å². The smallest absolute Gasteiger partial charge is 0.379 e. The maximum Gasteiger partial charge on any atom is 0.412 e. The third-order valence-electron chi connectivity index (χ3n) is 8.67. The van der Waals surface area contributed by atoms with Crippen molar-refractivity contribution >= 4 is 0 Å². The van der Waals surface area contributed by atoms with Gasteiger partial charge in [0.05, 0.1) is 79.3 Å². The van der Waals surface area contributed by atoms with Crippen molar-refractivity contribution in [2.24, 2.45) is 0 Å². The van der Waals surface area contributed by atoms with Crippen LogP contribution in [0.15, 0.2) is 0 Å². The van der Waals surface area contributed by atoms with Crippen LogP contribution in [0.3, 0.4) is 0 Å². The van der Waals surface area contributed by atoms with Gasteiger partial charge in [0.15, 0.2) is 0 Å². The predicted molar refractivity (Wildman–Crippen MR) is 183 cm³/mol. The molecule has 49 heavy (non-hydrogen) atoms. The molecule has 0 aliphatic carbocycles. The molecule has 0 bridgehead atoms. The summed E-state index contributed by atoms with van der Waals surface area (Å²) in [5, 5.41) is 0. The minimum Gasteiger partial charge on any atom is -0.379 e. The van der Waals surface area contributed by atoms with Gasteiger partial charge in [0.1, 0.15) is 24.4 Å². The number of unbranched alkanes of at least 4 members (excludes halogenated alkanes) is 12. The lowest BCUT2D eigenvalue weighted by Gasteiger charge is -2.32. The maximum atomic E-state index is 6.35. The second-order valence-electron chi connectivity index (χ2n) is 13.7. The molecular weight excluding hydrogens is 636 g/mol. The Hall–Kier alpha value is -0.480. The fourth-order valence-electron chi connectivity index (χ4n) is 5.19. The first-order valence-electron chi connectivity index (χ1n) is 19.6. The summed E-state index contributed by atoms with van der Waals surface area (Å²) in [4.78, 5) is 0. The van der Waals surface area contributed by atoms with Gasteiger partial charge in [-0.25, -0.2) is 0 Å². The highest BCUT2D eigenvalue weighted by atomic mass is 17.0. The fourth-order valence-corrected chi connectivity index (χ4v) is 5.19. The highest BCUT2D eigenvalue weighted by Gasteiger charge is 2.35. The quantitative estimate of drug-likeness (QED) is 0.0450. The van der Waals surface area contributed by atoms with Crippen molar-refractivity contribution in [3.63, 3.8) is 0 Å². The number of epoxide rings is 4. The lowest BCUT2D eigenvalue weighted by Crippen LogP contribution is -2.43. The van der Waals surface area contributed by atoms with Crippen LogP contribution in [0.2, 0.25) is 0 Å². The first-order chi connectivity index (χ1) is 24.3. The van der Waals surface area contributed by atoms with E-state index in [9.17, 15) is 0 Å². The molecule has 0 N–H and O–H groups in total. The van der Waals surface area contributed by atoms with Gasteiger partial charge in [0, 0.05) is 26.4 Å². The number of hydrogen-bond acceptors (Lipinski definition) is 12. The summed E-state index contributed by atoms with van der Waals surface area (Å²) >= 11 is 0. The van der Waals surface area contributed by atoms with Crippen molar-refractivity contribution in [2.45, 2.75) is 133 Å². The first kappa shape index (κ1) is 41.3. The molecule has 4 aliphatic heterocycles. The molecule has 4 fully saturated rings. The molecule has 0 saturated carbocycles. The molecule has 4 atom stereocenters. The first-order valence-corrected chi connectivity index (χ1v) is 19.6. The zero-order valence-corrected chi connectivity index (χ0v) is 30.3. The van der Waals surface area contributed by atoms with E-state index >= 15 is 0 Å². The SMILES string of the molecule is C(CCCOC(OCCCCCCOCC1CO1)(OCCCCCCOCC1CO1)OCCCCCCOCC1CO1)CCOCC1CO1. The van der Waals surface area contributed by atoms with Crippen LogP contribution in [0.25, 0.3) is 0 Å². The summed E-state index contributed by atoms with van der Waals surface area (Å²) in [5.41, 5.74) is 0. The predicted octanol–water partition coefficient (Wildman–Crippen LogP) is 5.57. The summed E-state index contributed by atoms with van der Waals surface area (Å²) < 4.78 is 68.9. The average molecular weight is 705 g/mol. The molecule has 4 heterocycles. The maximum absolute atomic E-state index is 6.35. The van der Waals surface area contributed by atoms with Gasteiger partial charge in [-0.3, -0.25) is 0 Å². The highest BCUT2D eigenvalue weighted by Crippen LogP contribution is 2.22. The summed E-state index contributed by atoms with van der Waals surface area (Å²) in [6.07, 6.45) is 16.2. The molecule has 4 unspecified atom stereocenters. The molecule has 288 valence electrons. The largest absolute Gasteiger partial charge is 0.412 e. The van der Waals surface area contributed by atoms with Crippen molar-refractivity contribution in [3.05, 3.63) is 0 Å². The van der Waals surface area contributed by atoms with Gasteiger partial charge in [-0.05, 0) is 51.4 Å². The van der Waals surface area contributed by atoms with E-state index in [0.717, 1.165) is 156 Å². The Morgan fingerprint density at radius 2 is 0.510 bits per heavy atom. The van der Waals surface area contributed by atoms with E-state index in [2.05, 4.69) is 0 Å². The van der Waals surface area contributed by atoms with Crippen molar-refractivity contribution in [1.29, 1.82) is 0 Å². The molecule has 0 spiro atoms. The Balaban J connectivity index is 1.13. The van der Waals surface area contributed by atoms with Crippen LogP contribution in [-0.4, -0.2) is 136 Å². The van der Waals surface area contributed by atoms with E-state index in [0.29, 0.717) is 77.3 Å². The Bertz CT molecular complexity index is 634. The van der Waals surface area contributed by atoms with Gasteiger partial charge in [-0.2, -0.15) is 0 Å². The Morgan fingerprint density at radius 3 is 0.714 bits per heavy atom. The van der Waals surface area contributed by atoms with Crippen LogP contribution in [0, 0.1) is 0 Å². The third kappa shape index (κ3) is 24.4. The molecule has 4 saturated heterocycles. The van der Waals surface area contributed by atoms with Crippen LogP contribution in [-0.2, 0) is 56.8 Å².